The molecule has 1 heterocycles. The van der Waals surface area contributed by atoms with Crippen LogP contribution < -0.4 is 0 Å². The van der Waals surface area contributed by atoms with Gasteiger partial charge in [-0.2, -0.15) is 0 Å². The smallest absolute Gasteiger partial charge is 0.0807 e. The molecule has 0 radical (unpaired) electrons. The maximum atomic E-state index is 9.87. The summed E-state index contributed by atoms with van der Waals surface area (Å²) >= 11 is 0. The molecule has 2 nitrogen and oxygen atoms in total. The van der Waals surface area contributed by atoms with Crippen LogP contribution >= 0.6 is 0 Å². The van der Waals surface area contributed by atoms with Crippen molar-refractivity contribution >= 4 is 0 Å². The van der Waals surface area contributed by atoms with Gasteiger partial charge in [0.2, 0.25) is 0 Å². The van der Waals surface area contributed by atoms with Gasteiger partial charge in [0.05, 0.1) is 6.10 Å². The summed E-state index contributed by atoms with van der Waals surface area (Å²) in [6, 6.07) is 0. The fourth-order valence-corrected chi connectivity index (χ4v) is 2.54. The predicted molar refractivity (Wildman–Crippen MR) is 66.4 cm³/mol. The molecule has 16 heavy (non-hydrogen) atoms. The molecular weight excluding hydrogens is 198 g/mol. The van der Waals surface area contributed by atoms with Crippen molar-refractivity contribution in [1.82, 2.24) is 4.57 Å². The second kappa shape index (κ2) is 5.05. The third-order valence-corrected chi connectivity index (χ3v) is 3.48. The van der Waals surface area contributed by atoms with Crippen LogP contribution in [-0.4, -0.2) is 9.67 Å². The average Bonchev–Trinajstić information content (AvgIpc) is 2.61. The zero-order valence-electron chi connectivity index (χ0n) is 10.4. The highest BCUT2D eigenvalue weighted by Crippen LogP contribution is 2.30. The van der Waals surface area contributed by atoms with Gasteiger partial charge in [0.1, 0.15) is 0 Å². The molecule has 2 heteroatoms. The number of hydrogen-bond donors (Lipinski definition) is 1. The molecule has 0 bridgehead atoms. The maximum Gasteiger partial charge on any atom is 0.0807 e. The molecule has 0 saturated heterocycles. The minimum atomic E-state index is -0.213. The Morgan fingerprint density at radius 3 is 2.94 bits per heavy atom. The molecule has 0 fully saturated rings. The summed E-state index contributed by atoms with van der Waals surface area (Å²) in [4.78, 5) is 0. The Morgan fingerprint density at radius 1 is 1.44 bits per heavy atom. The second-order valence-corrected chi connectivity index (χ2v) is 5.42. The highest BCUT2D eigenvalue weighted by Gasteiger charge is 2.19. The van der Waals surface area contributed by atoms with Crippen molar-refractivity contribution in [2.24, 2.45) is 5.92 Å². The predicted octanol–water partition coefficient (Wildman–Crippen LogP) is 3.29. The molecule has 90 valence electrons. The molecule has 0 spiro atoms. The Hall–Kier alpha value is -0.760. The third-order valence-electron chi connectivity index (χ3n) is 3.48. The SMILES string of the molecule is CC(C)CCCn1cc2c(c1)C(O)CCC2. The van der Waals surface area contributed by atoms with E-state index in [2.05, 4.69) is 30.8 Å². The Bertz CT molecular complexity index is 341. The van der Waals surface area contributed by atoms with Gasteiger partial charge in [-0.25, -0.2) is 0 Å². The molecule has 1 aromatic rings. The molecule has 1 unspecified atom stereocenters. The van der Waals surface area contributed by atoms with Crippen LogP contribution in [0.25, 0.3) is 0 Å². The van der Waals surface area contributed by atoms with Crippen molar-refractivity contribution < 1.29 is 5.11 Å². The first-order valence-corrected chi connectivity index (χ1v) is 6.53. The van der Waals surface area contributed by atoms with E-state index in [1.807, 2.05) is 0 Å². The first kappa shape index (κ1) is 11.7. The highest BCUT2D eigenvalue weighted by atomic mass is 16.3. The summed E-state index contributed by atoms with van der Waals surface area (Å²) in [6.45, 7) is 5.63. The second-order valence-electron chi connectivity index (χ2n) is 5.42. The standard InChI is InChI=1S/C14H23NO/c1-11(2)5-4-8-15-9-12-6-3-7-14(16)13(12)10-15/h9-11,14,16H,3-8H2,1-2H3. The van der Waals surface area contributed by atoms with Gasteiger partial charge in [-0.15, -0.1) is 0 Å². The minimum absolute atomic E-state index is 0.213. The lowest BCUT2D eigenvalue weighted by atomic mass is 9.93. The quantitative estimate of drug-likeness (QED) is 0.829. The molecule has 1 aliphatic rings. The van der Waals surface area contributed by atoms with Crippen LogP contribution in [0.5, 0.6) is 0 Å². The molecule has 1 N–H and O–H groups in total. The lowest BCUT2D eigenvalue weighted by Crippen LogP contribution is -2.05. The van der Waals surface area contributed by atoms with E-state index in [1.165, 1.54) is 24.0 Å². The van der Waals surface area contributed by atoms with Gasteiger partial charge < -0.3 is 9.67 Å². The van der Waals surface area contributed by atoms with E-state index in [0.29, 0.717) is 0 Å². The lowest BCUT2D eigenvalue weighted by Gasteiger charge is -2.16. The summed E-state index contributed by atoms with van der Waals surface area (Å²) < 4.78 is 2.27. The fraction of sp³-hybridized carbons (Fsp3) is 0.714. The van der Waals surface area contributed by atoms with E-state index in [0.717, 1.165) is 31.7 Å². The lowest BCUT2D eigenvalue weighted by molar-refractivity contribution is 0.157. The molecular formula is C14H23NO. The normalized spacial score (nSPS) is 20.1. The van der Waals surface area contributed by atoms with Crippen LogP contribution in [0, 0.1) is 5.92 Å². The van der Waals surface area contributed by atoms with Gasteiger partial charge in [-0.05, 0) is 43.6 Å². The van der Waals surface area contributed by atoms with Crippen molar-refractivity contribution in [2.75, 3.05) is 0 Å². The van der Waals surface area contributed by atoms with Crippen molar-refractivity contribution in [1.29, 1.82) is 0 Å². The van der Waals surface area contributed by atoms with Gasteiger partial charge in [0, 0.05) is 24.5 Å². The number of aryl methyl sites for hydroxylation is 2. The van der Waals surface area contributed by atoms with Crippen LogP contribution in [0.15, 0.2) is 12.4 Å². The van der Waals surface area contributed by atoms with E-state index in [1.54, 1.807) is 0 Å². The Morgan fingerprint density at radius 2 is 2.25 bits per heavy atom. The van der Waals surface area contributed by atoms with E-state index < -0.39 is 0 Å². The van der Waals surface area contributed by atoms with E-state index >= 15 is 0 Å². The topological polar surface area (TPSA) is 25.2 Å². The number of aliphatic hydroxyl groups is 1. The number of aromatic nitrogens is 1. The van der Waals surface area contributed by atoms with Gasteiger partial charge in [-0.1, -0.05) is 13.8 Å². The molecule has 0 saturated carbocycles. The van der Waals surface area contributed by atoms with Gasteiger partial charge in [-0.3, -0.25) is 0 Å². The van der Waals surface area contributed by atoms with Crippen molar-refractivity contribution in [2.45, 2.75) is 58.6 Å². The third kappa shape index (κ3) is 2.67. The monoisotopic (exact) mass is 221 g/mol. The Balaban J connectivity index is 1.96. The first-order valence-electron chi connectivity index (χ1n) is 6.53. The largest absolute Gasteiger partial charge is 0.388 e. The highest BCUT2D eigenvalue weighted by molar-refractivity contribution is 5.28. The summed E-state index contributed by atoms with van der Waals surface area (Å²) in [6.07, 6.45) is 9.90. The molecule has 0 amide bonds. The van der Waals surface area contributed by atoms with Crippen molar-refractivity contribution in [3.05, 3.63) is 23.5 Å². The number of fused-ring (bicyclic) bond motifs is 1. The van der Waals surface area contributed by atoms with Crippen LogP contribution in [-0.2, 0) is 13.0 Å². The Kier molecular flexibility index (Phi) is 3.70. The molecule has 0 aliphatic heterocycles. The zero-order chi connectivity index (χ0) is 11.5. The van der Waals surface area contributed by atoms with E-state index in [4.69, 9.17) is 0 Å². The van der Waals surface area contributed by atoms with Crippen LogP contribution in [0.1, 0.15) is 56.8 Å². The number of hydrogen-bond acceptors (Lipinski definition) is 1. The van der Waals surface area contributed by atoms with Gasteiger partial charge in [0.25, 0.3) is 0 Å². The van der Waals surface area contributed by atoms with Crippen molar-refractivity contribution in [3.63, 3.8) is 0 Å². The summed E-state index contributed by atoms with van der Waals surface area (Å²) in [5.41, 5.74) is 2.54. The van der Waals surface area contributed by atoms with Crippen LogP contribution in [0.4, 0.5) is 0 Å². The van der Waals surface area contributed by atoms with Crippen LogP contribution in [0.2, 0.25) is 0 Å². The zero-order valence-corrected chi connectivity index (χ0v) is 10.4. The molecule has 1 aliphatic carbocycles. The van der Waals surface area contributed by atoms with E-state index in [-0.39, 0.29) is 6.10 Å². The van der Waals surface area contributed by atoms with E-state index in [9.17, 15) is 5.11 Å². The van der Waals surface area contributed by atoms with Crippen molar-refractivity contribution in [3.8, 4) is 0 Å². The van der Waals surface area contributed by atoms with Gasteiger partial charge in [0.15, 0.2) is 0 Å². The average molecular weight is 221 g/mol. The molecule has 1 atom stereocenters. The van der Waals surface area contributed by atoms with Crippen LogP contribution in [0.3, 0.4) is 0 Å². The summed E-state index contributed by atoms with van der Waals surface area (Å²) in [5, 5.41) is 9.87. The summed E-state index contributed by atoms with van der Waals surface area (Å²) in [7, 11) is 0. The maximum absolute atomic E-state index is 9.87. The Labute approximate surface area is 98.3 Å². The molecule has 1 aromatic heterocycles. The first-order chi connectivity index (χ1) is 7.66. The fourth-order valence-electron chi connectivity index (χ4n) is 2.54. The number of rotatable bonds is 4. The molecule has 2 rings (SSSR count). The number of aliphatic hydroxyl groups excluding tert-OH is 1. The minimum Gasteiger partial charge on any atom is -0.388 e. The summed E-state index contributed by atoms with van der Waals surface area (Å²) in [5.74, 6) is 0.788. The number of nitrogens with zero attached hydrogens (tertiary/aromatic N) is 1. The molecule has 0 aromatic carbocycles. The van der Waals surface area contributed by atoms with Gasteiger partial charge >= 0.3 is 0 Å².